The molecule has 0 unspecified atom stereocenters. The summed E-state index contributed by atoms with van der Waals surface area (Å²) in [6.07, 6.45) is 0.790. The second-order valence-electron chi connectivity index (χ2n) is 9.38. The van der Waals surface area contributed by atoms with Crippen molar-refractivity contribution in [1.29, 1.82) is 0 Å². The fourth-order valence-electron chi connectivity index (χ4n) is 5.34. The molecule has 0 radical (unpaired) electrons. The van der Waals surface area contributed by atoms with Crippen molar-refractivity contribution >= 4 is 22.8 Å². The summed E-state index contributed by atoms with van der Waals surface area (Å²) in [6.45, 7) is 6.28. The molecule has 6 rings (SSSR count). The highest BCUT2D eigenvalue weighted by molar-refractivity contribution is 6.33. The van der Waals surface area contributed by atoms with Gasteiger partial charge in [0, 0.05) is 5.56 Å². The lowest BCUT2D eigenvalue weighted by Gasteiger charge is -2.31. The zero-order chi connectivity index (χ0) is 23.2. The van der Waals surface area contributed by atoms with Crippen molar-refractivity contribution in [3.05, 3.63) is 40.9 Å². The van der Waals surface area contributed by atoms with Crippen LogP contribution in [0.4, 0.5) is 0 Å². The number of piperidine rings is 1. The molecule has 0 saturated carbocycles. The number of likely N-dealkylation sites (tertiary alicyclic amines) is 1. The summed E-state index contributed by atoms with van der Waals surface area (Å²) in [5.74, 6) is 0.609. The molecule has 0 bridgehead atoms. The maximum atomic E-state index is 9.92. The van der Waals surface area contributed by atoms with Crippen molar-refractivity contribution in [2.45, 2.75) is 50.1 Å². The van der Waals surface area contributed by atoms with Gasteiger partial charge < -0.3 is 29.2 Å². The van der Waals surface area contributed by atoms with Crippen LogP contribution in [0.2, 0.25) is 5.02 Å². The number of nitrogens with zero attached hydrogens (tertiary/aromatic N) is 3. The number of rotatable bonds is 5. The summed E-state index contributed by atoms with van der Waals surface area (Å²) in [4.78, 5) is 14.9. The summed E-state index contributed by atoms with van der Waals surface area (Å²) in [5.41, 5.74) is 4.28. The Hall–Kier alpha value is -2.23. The van der Waals surface area contributed by atoms with Crippen molar-refractivity contribution in [3.63, 3.8) is 0 Å². The first-order chi connectivity index (χ1) is 16.6. The maximum absolute atomic E-state index is 9.92. The Kier molecular flexibility index (Phi) is 5.95. The molecule has 3 fully saturated rings. The normalized spacial score (nSPS) is 28.0. The van der Waals surface area contributed by atoms with Gasteiger partial charge in [-0.1, -0.05) is 42.8 Å². The molecule has 2 aromatic heterocycles. The van der Waals surface area contributed by atoms with Crippen LogP contribution in [0.25, 0.3) is 22.4 Å². The molecule has 0 spiro atoms. The third-order valence-electron chi connectivity index (χ3n) is 7.34. The number of halogens is 1. The van der Waals surface area contributed by atoms with E-state index in [1.807, 2.05) is 6.07 Å². The minimum Gasteiger partial charge on any atom is -0.456 e. The number of benzene rings is 1. The summed E-state index contributed by atoms with van der Waals surface area (Å²) < 4.78 is 17.2. The van der Waals surface area contributed by atoms with Crippen LogP contribution in [-0.4, -0.2) is 82.2 Å². The summed E-state index contributed by atoms with van der Waals surface area (Å²) in [6, 6.07) is 10.8. The highest BCUT2D eigenvalue weighted by Gasteiger charge is 2.48. The van der Waals surface area contributed by atoms with E-state index in [-0.39, 0.29) is 24.9 Å². The molecular weight excluding hydrogens is 456 g/mol. The molecular formula is C25H29ClN4O4. The molecule has 3 aliphatic rings. The topological polar surface area (TPSA) is 92.7 Å². The molecule has 180 valence electrons. The number of hydrogen-bond acceptors (Lipinski definition) is 7. The van der Waals surface area contributed by atoms with Crippen molar-refractivity contribution in [2.75, 3.05) is 32.8 Å². The van der Waals surface area contributed by atoms with E-state index in [0.29, 0.717) is 40.4 Å². The third-order valence-corrected chi connectivity index (χ3v) is 7.63. The van der Waals surface area contributed by atoms with Crippen LogP contribution in [0.15, 0.2) is 30.3 Å². The predicted molar refractivity (Wildman–Crippen MR) is 128 cm³/mol. The predicted octanol–water partition coefficient (Wildman–Crippen LogP) is 3.38. The van der Waals surface area contributed by atoms with Crippen LogP contribution < -0.4 is 4.74 Å². The minimum atomic E-state index is -0.618. The van der Waals surface area contributed by atoms with E-state index in [0.717, 1.165) is 25.2 Å². The maximum Gasteiger partial charge on any atom is 0.296 e. The van der Waals surface area contributed by atoms with E-state index in [1.165, 1.54) is 18.4 Å². The smallest absolute Gasteiger partial charge is 0.296 e. The summed E-state index contributed by atoms with van der Waals surface area (Å²) in [7, 11) is 0. The number of pyridine rings is 1. The number of aromatic amines is 1. The van der Waals surface area contributed by atoms with Crippen LogP contribution in [0.3, 0.4) is 0 Å². The van der Waals surface area contributed by atoms with E-state index in [2.05, 4.69) is 46.1 Å². The number of hydrogen-bond donors (Lipinski definition) is 2. The second-order valence-corrected chi connectivity index (χ2v) is 9.79. The number of ether oxygens (including phenoxy) is 3. The van der Waals surface area contributed by atoms with Crippen molar-refractivity contribution < 1.29 is 19.3 Å². The first-order valence-corrected chi connectivity index (χ1v) is 12.4. The average Bonchev–Trinajstić information content (AvgIpc) is 3.55. The van der Waals surface area contributed by atoms with Gasteiger partial charge in [0.15, 0.2) is 11.8 Å². The lowest BCUT2D eigenvalue weighted by molar-refractivity contribution is 0.00706. The molecule has 4 atom stereocenters. The molecule has 34 heavy (non-hydrogen) atoms. The van der Waals surface area contributed by atoms with Gasteiger partial charge in [0.2, 0.25) is 0 Å². The van der Waals surface area contributed by atoms with Gasteiger partial charge in [-0.05, 0) is 50.0 Å². The first kappa shape index (κ1) is 22.2. The van der Waals surface area contributed by atoms with Crippen LogP contribution in [0.5, 0.6) is 6.01 Å². The van der Waals surface area contributed by atoms with Gasteiger partial charge in [-0.2, -0.15) is 4.98 Å². The van der Waals surface area contributed by atoms with Gasteiger partial charge in [-0.25, -0.2) is 4.98 Å². The Balaban J connectivity index is 1.19. The SMILES string of the molecule is CCN1CCC(c2ccc(-c3nc4nc(O[C@@H]5CO[C@H]6[C@@H]5OC[C@H]6O)[nH]c4cc3Cl)cc2)CC1. The van der Waals surface area contributed by atoms with Crippen molar-refractivity contribution in [2.24, 2.45) is 0 Å². The van der Waals surface area contributed by atoms with E-state index in [1.54, 1.807) is 0 Å². The van der Waals surface area contributed by atoms with E-state index in [4.69, 9.17) is 30.8 Å². The van der Waals surface area contributed by atoms with Crippen molar-refractivity contribution in [1.82, 2.24) is 19.9 Å². The monoisotopic (exact) mass is 484 g/mol. The Bertz CT molecular complexity index is 1160. The Morgan fingerprint density at radius 3 is 2.65 bits per heavy atom. The molecule has 0 amide bonds. The standard InChI is InChI=1S/C25H29ClN4O4/c1-2-30-9-7-15(8-10-30)14-3-5-16(6-4-14)21-17(26)11-18-24(28-21)29-25(27-18)34-20-13-33-22-19(31)12-32-23(20)22/h3-6,11,15,19-20,22-23,31H,2,7-10,12-13H2,1H3,(H,27,28,29)/t19-,20-,22-,23-/m1/s1. The van der Waals surface area contributed by atoms with Crippen LogP contribution in [-0.2, 0) is 9.47 Å². The van der Waals surface area contributed by atoms with E-state index >= 15 is 0 Å². The molecule has 5 heterocycles. The number of aromatic nitrogens is 3. The average molecular weight is 485 g/mol. The summed E-state index contributed by atoms with van der Waals surface area (Å²) in [5, 5.41) is 10.5. The number of aliphatic hydroxyl groups is 1. The number of nitrogens with one attached hydrogen (secondary N) is 1. The van der Waals surface area contributed by atoms with E-state index < -0.39 is 6.10 Å². The third kappa shape index (κ3) is 4.07. The van der Waals surface area contributed by atoms with Gasteiger partial charge in [0.05, 0.1) is 29.4 Å². The molecule has 3 saturated heterocycles. The zero-order valence-corrected chi connectivity index (χ0v) is 19.9. The van der Waals surface area contributed by atoms with Crippen LogP contribution >= 0.6 is 11.6 Å². The Morgan fingerprint density at radius 2 is 1.88 bits per heavy atom. The van der Waals surface area contributed by atoms with E-state index in [9.17, 15) is 5.11 Å². The number of imidazole rings is 1. The number of fused-ring (bicyclic) bond motifs is 2. The van der Waals surface area contributed by atoms with Gasteiger partial charge >= 0.3 is 0 Å². The highest BCUT2D eigenvalue weighted by Crippen LogP contribution is 2.34. The number of H-pyrrole nitrogens is 1. The fraction of sp³-hybridized carbons (Fsp3) is 0.520. The minimum absolute atomic E-state index is 0.257. The van der Waals surface area contributed by atoms with Crippen molar-refractivity contribution in [3.8, 4) is 17.3 Å². The quantitative estimate of drug-likeness (QED) is 0.573. The molecule has 9 heteroatoms. The Labute approximate surface area is 203 Å². The lowest BCUT2D eigenvalue weighted by Crippen LogP contribution is -2.34. The van der Waals surface area contributed by atoms with Gasteiger partial charge in [-0.3, -0.25) is 0 Å². The molecule has 0 aliphatic carbocycles. The van der Waals surface area contributed by atoms with Gasteiger partial charge in [0.25, 0.3) is 6.01 Å². The Morgan fingerprint density at radius 1 is 1.12 bits per heavy atom. The van der Waals surface area contributed by atoms with Crippen LogP contribution in [0, 0.1) is 0 Å². The zero-order valence-electron chi connectivity index (χ0n) is 19.1. The number of aliphatic hydroxyl groups excluding tert-OH is 1. The molecule has 2 N–H and O–H groups in total. The molecule has 1 aromatic carbocycles. The van der Waals surface area contributed by atoms with Gasteiger partial charge in [0.1, 0.15) is 18.3 Å². The molecule has 8 nitrogen and oxygen atoms in total. The lowest BCUT2D eigenvalue weighted by atomic mass is 9.89. The second kappa shape index (κ2) is 9.09. The van der Waals surface area contributed by atoms with Gasteiger partial charge in [-0.15, -0.1) is 0 Å². The molecule has 3 aromatic rings. The summed E-state index contributed by atoms with van der Waals surface area (Å²) >= 11 is 6.60. The first-order valence-electron chi connectivity index (χ1n) is 12.1. The largest absolute Gasteiger partial charge is 0.456 e. The fourth-order valence-corrected chi connectivity index (χ4v) is 5.60. The highest BCUT2D eigenvalue weighted by atomic mass is 35.5. The van der Waals surface area contributed by atoms with Crippen LogP contribution in [0.1, 0.15) is 31.2 Å². The molecule has 3 aliphatic heterocycles.